The van der Waals surface area contributed by atoms with Crippen LogP contribution < -0.4 is 0 Å². The summed E-state index contributed by atoms with van der Waals surface area (Å²) in [5, 5.41) is 0. The molecule has 2 N–H and O–H groups in total. The molecule has 0 saturated carbocycles. The fourth-order valence-electron chi connectivity index (χ4n) is 0. The molecule has 0 spiro atoms. The van der Waals surface area contributed by atoms with Crippen LogP contribution in [-0.4, -0.2) is 27.1 Å². The maximum Gasteiger partial charge on any atom is 3.00 e. The first kappa shape index (κ1) is 9.19. The zero-order valence-corrected chi connectivity index (χ0v) is 4.53. The molecule has 0 atom stereocenters. The molecule has 0 aromatic heterocycles. The van der Waals surface area contributed by atoms with Crippen LogP contribution in [0.1, 0.15) is 1.43 Å². The molecule has 0 fully saturated rings. The largest absolute Gasteiger partial charge is 3.00 e. The third kappa shape index (κ3) is 72.3. The molecule has 0 radical (unpaired) electrons. The van der Waals surface area contributed by atoms with Crippen molar-refractivity contribution in [3.8, 4) is 0 Å². The van der Waals surface area contributed by atoms with E-state index in [1.807, 2.05) is 0 Å². The van der Waals surface area contributed by atoms with E-state index in [1.54, 1.807) is 0 Å². The Morgan fingerprint density at radius 2 is 1.60 bits per heavy atom. The molecule has 0 bridgehead atoms. The van der Waals surface area contributed by atoms with Gasteiger partial charge in [-0.05, 0) is 0 Å². The van der Waals surface area contributed by atoms with Crippen molar-refractivity contribution in [2.24, 2.45) is 0 Å². The zero-order chi connectivity index (χ0) is 3.58. The molecule has 0 heterocycles. The van der Waals surface area contributed by atoms with E-state index in [2.05, 4.69) is 0 Å². The van der Waals surface area contributed by atoms with Crippen LogP contribution in [0.5, 0.6) is 0 Å². The van der Waals surface area contributed by atoms with Gasteiger partial charge in [-0.3, -0.25) is 4.57 Å². The third-order valence-corrected chi connectivity index (χ3v) is 0. The summed E-state index contributed by atoms with van der Waals surface area (Å²) >= 11 is 0. The first-order valence-corrected chi connectivity index (χ1v) is 1.95. The van der Waals surface area contributed by atoms with E-state index in [0.29, 0.717) is 0 Å². The molecule has 26 valence electrons. The SMILES string of the molecule is O=[PH](O)O.[Al+3].[H+]. The van der Waals surface area contributed by atoms with Crippen molar-refractivity contribution >= 4 is 25.6 Å². The summed E-state index contributed by atoms with van der Waals surface area (Å²) < 4.78 is 8.74. The van der Waals surface area contributed by atoms with Crippen LogP contribution in [0, 0.1) is 0 Å². The average molecular weight is 110 g/mol. The van der Waals surface area contributed by atoms with Crippen molar-refractivity contribution < 1.29 is 15.8 Å². The first-order chi connectivity index (χ1) is 1.73. The standard InChI is InChI=1S/Al.H3O3P/c;1-4(2)3/h;4H,(H2,1,2,3)/q+3;/p+1. The summed E-state index contributed by atoms with van der Waals surface area (Å²) in [6, 6.07) is 0. The molecule has 0 saturated heterocycles. The van der Waals surface area contributed by atoms with E-state index >= 15 is 0 Å². The van der Waals surface area contributed by atoms with Crippen molar-refractivity contribution in [2.75, 3.05) is 0 Å². The number of hydrogen-bond acceptors (Lipinski definition) is 1. The van der Waals surface area contributed by atoms with Crippen molar-refractivity contribution in [3.63, 3.8) is 0 Å². The van der Waals surface area contributed by atoms with Gasteiger partial charge in [0, 0.05) is 0 Å². The fourth-order valence-corrected chi connectivity index (χ4v) is 0. The van der Waals surface area contributed by atoms with Crippen LogP contribution in [0.4, 0.5) is 0 Å². The second-order valence-corrected chi connectivity index (χ2v) is 0.848. The minimum atomic E-state index is -3.13. The minimum absolute atomic E-state index is 0. The van der Waals surface area contributed by atoms with Crippen molar-refractivity contribution in [3.05, 3.63) is 0 Å². The Morgan fingerprint density at radius 3 is 1.60 bits per heavy atom. The van der Waals surface area contributed by atoms with Crippen LogP contribution in [0.3, 0.4) is 0 Å². The summed E-state index contributed by atoms with van der Waals surface area (Å²) in [5.41, 5.74) is 0. The Hall–Kier alpha value is 0.682. The van der Waals surface area contributed by atoms with Gasteiger partial charge in [-0.2, -0.15) is 0 Å². The monoisotopic (exact) mass is 110 g/mol. The Balaban J connectivity index is -0.0000000450. The Labute approximate surface area is 42.2 Å². The van der Waals surface area contributed by atoms with Gasteiger partial charge >= 0.3 is 27.0 Å². The molecule has 5 heavy (non-hydrogen) atoms. The molecule has 0 aromatic rings. The summed E-state index contributed by atoms with van der Waals surface area (Å²) in [4.78, 5) is 14.3. The van der Waals surface area contributed by atoms with E-state index in [1.165, 1.54) is 0 Å². The Kier molecular flexibility index (Phi) is 8.60. The van der Waals surface area contributed by atoms with Gasteiger partial charge in [0.05, 0.1) is 0 Å². The average Bonchev–Trinajstić information content (AvgIpc) is 0.811. The number of hydrogen-bond donors (Lipinski definition) is 2. The topological polar surface area (TPSA) is 57.5 Å². The van der Waals surface area contributed by atoms with Gasteiger partial charge in [0.1, 0.15) is 0 Å². The van der Waals surface area contributed by atoms with Gasteiger partial charge in [-0.25, -0.2) is 0 Å². The van der Waals surface area contributed by atoms with Crippen LogP contribution in [0.15, 0.2) is 0 Å². The van der Waals surface area contributed by atoms with Gasteiger partial charge in [0.25, 0.3) is 0 Å². The fraction of sp³-hybridized carbons (Fsp3) is 0. The summed E-state index contributed by atoms with van der Waals surface area (Å²) in [5.74, 6) is 0. The smallest absolute Gasteiger partial charge is 0.326 e. The molecule has 0 aliphatic rings. The van der Waals surface area contributed by atoms with Gasteiger partial charge in [-0.15, -0.1) is 0 Å². The van der Waals surface area contributed by atoms with E-state index in [9.17, 15) is 0 Å². The van der Waals surface area contributed by atoms with Crippen LogP contribution in [0.25, 0.3) is 0 Å². The molecule has 0 aromatic carbocycles. The molecule has 0 amide bonds. The molecule has 5 heteroatoms. The van der Waals surface area contributed by atoms with E-state index in [4.69, 9.17) is 14.4 Å². The predicted octanol–water partition coefficient (Wildman–Crippen LogP) is -0.908. The van der Waals surface area contributed by atoms with Crippen molar-refractivity contribution in [2.45, 2.75) is 0 Å². The number of rotatable bonds is 0. The maximum absolute atomic E-state index is 8.74. The quantitative estimate of drug-likeness (QED) is 0.313. The molecule has 0 rings (SSSR count). The van der Waals surface area contributed by atoms with Crippen LogP contribution in [-0.2, 0) is 4.57 Å². The molecule has 0 unspecified atom stereocenters. The zero-order valence-electron chi connectivity index (χ0n) is 3.38. The molecule has 3 nitrogen and oxygen atoms in total. The third-order valence-electron chi connectivity index (χ3n) is 0. The summed E-state index contributed by atoms with van der Waals surface area (Å²) in [7, 11) is -3.13. The second-order valence-electron chi connectivity index (χ2n) is 0.283. The maximum atomic E-state index is 8.74. The van der Waals surface area contributed by atoms with Crippen LogP contribution >= 0.6 is 8.25 Å². The van der Waals surface area contributed by atoms with Gasteiger partial charge in [0.15, 0.2) is 0 Å². The Morgan fingerprint density at radius 1 is 1.60 bits per heavy atom. The second kappa shape index (κ2) is 4.68. The van der Waals surface area contributed by atoms with E-state index in [0.717, 1.165) is 0 Å². The molecular weight excluding hydrogens is 106 g/mol. The molecular formula is H4AlO3P+4. The van der Waals surface area contributed by atoms with Crippen LogP contribution in [0.2, 0.25) is 0 Å². The normalized spacial score (nSPS) is 7.00. The molecule has 0 aliphatic heterocycles. The first-order valence-electron chi connectivity index (χ1n) is 0.651. The molecule has 0 aliphatic carbocycles. The van der Waals surface area contributed by atoms with Gasteiger partial charge < -0.3 is 9.79 Å². The van der Waals surface area contributed by atoms with E-state index in [-0.39, 0.29) is 18.8 Å². The summed E-state index contributed by atoms with van der Waals surface area (Å²) in [6.45, 7) is 0. The Bertz CT molecular complexity index is 33.8. The summed E-state index contributed by atoms with van der Waals surface area (Å²) in [6.07, 6.45) is 0. The van der Waals surface area contributed by atoms with Gasteiger partial charge in [0.2, 0.25) is 0 Å². The van der Waals surface area contributed by atoms with Crippen molar-refractivity contribution in [1.82, 2.24) is 0 Å². The minimum Gasteiger partial charge on any atom is -0.326 e. The predicted molar refractivity (Wildman–Crippen MR) is 20.3 cm³/mol. The van der Waals surface area contributed by atoms with Crippen molar-refractivity contribution in [1.29, 1.82) is 0 Å². The van der Waals surface area contributed by atoms with Gasteiger partial charge in [-0.1, -0.05) is 0 Å². The van der Waals surface area contributed by atoms with E-state index < -0.39 is 8.25 Å².